The highest BCUT2D eigenvalue weighted by molar-refractivity contribution is 7.21. The van der Waals surface area contributed by atoms with Gasteiger partial charge in [0.05, 0.1) is 10.2 Å². The molecule has 6 rings (SSSR count). The van der Waals surface area contributed by atoms with E-state index in [0.717, 1.165) is 31.6 Å². The fourth-order valence-corrected chi connectivity index (χ4v) is 5.19. The lowest BCUT2D eigenvalue weighted by Crippen LogP contribution is -2.25. The van der Waals surface area contributed by atoms with E-state index in [9.17, 15) is 22.0 Å². The van der Waals surface area contributed by atoms with Crippen LogP contribution in [0.1, 0.15) is 11.4 Å². The number of fused-ring (bicyclic) bond motifs is 2. The molecule has 0 aliphatic rings. The maximum Gasteiger partial charge on any atom is 0.462 e. The molecule has 0 unspecified atom stereocenters. The summed E-state index contributed by atoms with van der Waals surface area (Å²) in [5.41, 5.74) is 4.29. The van der Waals surface area contributed by atoms with Crippen LogP contribution in [0.4, 0.5) is 22.0 Å². The maximum absolute atomic E-state index is 14.5. The molecule has 0 saturated heterocycles. The molecule has 10 heteroatoms. The first kappa shape index (κ1) is 24.9. The van der Waals surface area contributed by atoms with Gasteiger partial charge in [0.25, 0.3) is 0 Å². The molecule has 0 saturated carbocycles. The third-order valence-corrected chi connectivity index (χ3v) is 7.15. The van der Waals surface area contributed by atoms with Crippen molar-refractivity contribution in [1.82, 2.24) is 15.0 Å². The third kappa shape index (κ3) is 4.79. The van der Waals surface area contributed by atoms with Crippen LogP contribution in [-0.2, 0) is 6.11 Å². The maximum atomic E-state index is 14.5. The summed E-state index contributed by atoms with van der Waals surface area (Å²) in [6.07, 6.45) is -1.72. The molecule has 0 N–H and O–H groups in total. The van der Waals surface area contributed by atoms with Crippen molar-refractivity contribution in [2.24, 2.45) is 0 Å². The zero-order chi connectivity index (χ0) is 27.3. The molecule has 0 amide bonds. The molecule has 0 aliphatic carbocycles. The molecule has 0 spiro atoms. The van der Waals surface area contributed by atoms with Crippen LogP contribution in [-0.4, -0.2) is 15.0 Å². The predicted molar refractivity (Wildman–Crippen MR) is 139 cm³/mol. The second kappa shape index (κ2) is 9.39. The first-order valence-electron chi connectivity index (χ1n) is 11.6. The topological polar surface area (TPSA) is 47.9 Å². The van der Waals surface area contributed by atoms with Gasteiger partial charge in [-0.1, -0.05) is 30.3 Å². The molecular formula is C29H16F5N3OS. The molecule has 2 aromatic heterocycles. The molecule has 4 aromatic carbocycles. The van der Waals surface area contributed by atoms with Gasteiger partial charge in [-0.15, -0.1) is 11.3 Å². The molecule has 39 heavy (non-hydrogen) atoms. The van der Waals surface area contributed by atoms with Gasteiger partial charge in [0, 0.05) is 35.7 Å². The zero-order valence-corrected chi connectivity index (χ0v) is 20.9. The lowest BCUT2D eigenvalue weighted by Gasteiger charge is -2.17. The van der Waals surface area contributed by atoms with Crippen molar-refractivity contribution in [2.75, 3.05) is 0 Å². The van der Waals surface area contributed by atoms with E-state index in [1.807, 2.05) is 55.5 Å². The van der Waals surface area contributed by atoms with Crippen molar-refractivity contribution in [1.29, 1.82) is 0 Å². The van der Waals surface area contributed by atoms with Gasteiger partial charge in [0.15, 0.2) is 17.5 Å². The van der Waals surface area contributed by atoms with E-state index in [-0.39, 0.29) is 0 Å². The Balaban J connectivity index is 1.24. The normalized spacial score (nSPS) is 11.8. The van der Waals surface area contributed by atoms with E-state index in [2.05, 4.69) is 20.8 Å². The molecule has 4 nitrogen and oxygen atoms in total. The summed E-state index contributed by atoms with van der Waals surface area (Å²) in [6, 6.07) is 18.4. The predicted octanol–water partition coefficient (Wildman–Crippen LogP) is 8.43. The number of hydrogen-bond donors (Lipinski definition) is 0. The average molecular weight is 550 g/mol. The van der Waals surface area contributed by atoms with Crippen LogP contribution in [0, 0.1) is 24.4 Å². The van der Waals surface area contributed by atoms with Crippen molar-refractivity contribution < 1.29 is 26.7 Å². The summed E-state index contributed by atoms with van der Waals surface area (Å²) in [5, 5.41) is 2.81. The van der Waals surface area contributed by atoms with Gasteiger partial charge in [0.1, 0.15) is 10.8 Å². The molecule has 194 valence electrons. The van der Waals surface area contributed by atoms with Crippen LogP contribution in [0.15, 0.2) is 79.1 Å². The number of nitrogens with zero attached hydrogens (tertiary/aromatic N) is 3. The quantitative estimate of drug-likeness (QED) is 0.160. The Labute approximate surface area is 222 Å². The number of thiazole rings is 1. The first-order valence-corrected chi connectivity index (χ1v) is 12.4. The van der Waals surface area contributed by atoms with E-state index in [4.69, 9.17) is 4.98 Å². The lowest BCUT2D eigenvalue weighted by molar-refractivity contribution is -0.192. The summed E-state index contributed by atoms with van der Waals surface area (Å²) in [6.45, 7) is 2.04. The Morgan fingerprint density at radius 3 is 2.08 bits per heavy atom. The minimum Gasteiger partial charge on any atom is -0.426 e. The van der Waals surface area contributed by atoms with Crippen molar-refractivity contribution in [2.45, 2.75) is 13.0 Å². The second-order valence-corrected chi connectivity index (χ2v) is 9.91. The average Bonchev–Trinajstić information content (AvgIpc) is 3.34. The standard InChI is InChI=1S/C29H16F5N3OS/c1-15-2-7-24-25(8-15)39-27(37-24)19-6-5-16-9-18(4-3-17(16)10-19)20-13-35-28(36-14-20)29(33,34)38-21-11-22(30)26(32)23(31)12-21/h2-14H,1H3. The fraction of sp³-hybridized carbons (Fsp3) is 0.0690. The van der Waals surface area contributed by atoms with Gasteiger partial charge in [-0.25, -0.2) is 28.1 Å². The minimum absolute atomic E-state index is 0.318. The Bertz CT molecular complexity index is 1850. The van der Waals surface area contributed by atoms with Crippen molar-refractivity contribution >= 4 is 32.3 Å². The smallest absolute Gasteiger partial charge is 0.426 e. The van der Waals surface area contributed by atoms with Gasteiger partial charge in [-0.2, -0.15) is 8.78 Å². The van der Waals surface area contributed by atoms with Crippen LogP contribution in [0.5, 0.6) is 5.75 Å². The number of benzene rings is 4. The van der Waals surface area contributed by atoms with Crippen molar-refractivity contribution in [3.8, 4) is 27.4 Å². The van der Waals surface area contributed by atoms with E-state index >= 15 is 0 Å². The monoisotopic (exact) mass is 549 g/mol. The Kier molecular flexibility index (Phi) is 5.99. The molecular weight excluding hydrogens is 533 g/mol. The molecule has 0 bridgehead atoms. The van der Waals surface area contributed by atoms with Gasteiger partial charge >= 0.3 is 6.11 Å². The lowest BCUT2D eigenvalue weighted by atomic mass is 10.0. The number of aromatic nitrogens is 3. The molecule has 2 heterocycles. The molecule has 0 radical (unpaired) electrons. The highest BCUT2D eigenvalue weighted by atomic mass is 32.1. The number of aryl methyl sites for hydroxylation is 1. The zero-order valence-electron chi connectivity index (χ0n) is 20.1. The summed E-state index contributed by atoms with van der Waals surface area (Å²) < 4.78 is 74.4. The van der Waals surface area contributed by atoms with E-state index in [1.54, 1.807) is 11.3 Å². The number of ether oxygens (including phenoxy) is 1. The SMILES string of the molecule is Cc1ccc2nc(-c3ccc4cc(-c5cnc(C(F)(F)Oc6cc(F)c(F)c(F)c6)nc5)ccc4c3)sc2c1. The summed E-state index contributed by atoms with van der Waals surface area (Å²) in [5.74, 6) is -7.03. The molecule has 6 aromatic rings. The van der Waals surface area contributed by atoms with E-state index in [1.165, 1.54) is 18.0 Å². The summed E-state index contributed by atoms with van der Waals surface area (Å²) in [7, 11) is 0. The van der Waals surface area contributed by atoms with Crippen LogP contribution in [0.25, 0.3) is 42.7 Å². The Morgan fingerprint density at radius 2 is 1.38 bits per heavy atom. The van der Waals surface area contributed by atoms with Gasteiger partial charge < -0.3 is 4.74 Å². The van der Waals surface area contributed by atoms with E-state index in [0.29, 0.717) is 23.3 Å². The van der Waals surface area contributed by atoms with Crippen molar-refractivity contribution in [3.63, 3.8) is 0 Å². The second-order valence-electron chi connectivity index (χ2n) is 8.88. The van der Waals surface area contributed by atoms with Crippen LogP contribution in [0.3, 0.4) is 0 Å². The number of halogens is 5. The Morgan fingerprint density at radius 1 is 0.744 bits per heavy atom. The largest absolute Gasteiger partial charge is 0.462 e. The van der Waals surface area contributed by atoms with Crippen molar-refractivity contribution in [3.05, 3.63) is 108 Å². The molecule has 0 fully saturated rings. The first-order chi connectivity index (χ1) is 18.7. The molecule has 0 atom stereocenters. The van der Waals surface area contributed by atoms with Gasteiger partial charge in [-0.05, 0) is 53.1 Å². The number of alkyl halides is 2. The summed E-state index contributed by atoms with van der Waals surface area (Å²) in [4.78, 5) is 12.1. The highest BCUT2D eigenvalue weighted by Gasteiger charge is 2.39. The van der Waals surface area contributed by atoms with Crippen LogP contribution >= 0.6 is 11.3 Å². The highest BCUT2D eigenvalue weighted by Crippen LogP contribution is 2.34. The Hall–Kier alpha value is -4.44. The molecule has 0 aliphatic heterocycles. The van der Waals surface area contributed by atoms with E-state index < -0.39 is 35.1 Å². The number of hydrogen-bond acceptors (Lipinski definition) is 5. The number of rotatable bonds is 5. The van der Waals surface area contributed by atoms with Gasteiger partial charge in [-0.3, -0.25) is 0 Å². The van der Waals surface area contributed by atoms with Crippen LogP contribution in [0.2, 0.25) is 0 Å². The summed E-state index contributed by atoms with van der Waals surface area (Å²) >= 11 is 1.63. The third-order valence-electron chi connectivity index (χ3n) is 6.08. The van der Waals surface area contributed by atoms with Crippen LogP contribution < -0.4 is 4.74 Å². The van der Waals surface area contributed by atoms with Gasteiger partial charge in [0.2, 0.25) is 5.82 Å². The fourth-order valence-electron chi connectivity index (χ4n) is 4.13. The minimum atomic E-state index is -4.12.